The molecule has 92 valence electrons. The first-order chi connectivity index (χ1) is 8.66. The van der Waals surface area contributed by atoms with Crippen molar-refractivity contribution in [3.05, 3.63) is 30.0 Å². The molecule has 5 nitrogen and oxygen atoms in total. The molecule has 0 spiro atoms. The van der Waals surface area contributed by atoms with Crippen LogP contribution in [0.25, 0.3) is 10.9 Å². The zero-order valence-corrected chi connectivity index (χ0v) is 9.64. The molecule has 2 heterocycles. The van der Waals surface area contributed by atoms with Gasteiger partial charge in [0, 0.05) is 30.1 Å². The standard InChI is InChI=1S/C13H12N2O3/c16-12-2-1-5-15(12)11-7-8(13(17)18)6-10-9(11)3-4-14-10/h3-4,6-7,14H,1-2,5H2,(H,17,18). The van der Waals surface area contributed by atoms with Gasteiger partial charge in [0.2, 0.25) is 5.91 Å². The number of benzene rings is 1. The number of carboxylic acids is 1. The van der Waals surface area contributed by atoms with Crippen LogP contribution in [0.4, 0.5) is 5.69 Å². The van der Waals surface area contributed by atoms with Crippen LogP contribution in [-0.2, 0) is 4.79 Å². The second kappa shape index (κ2) is 3.87. The zero-order chi connectivity index (χ0) is 12.7. The third-order valence-electron chi connectivity index (χ3n) is 3.26. The van der Waals surface area contributed by atoms with Crippen molar-refractivity contribution in [1.29, 1.82) is 0 Å². The minimum atomic E-state index is -0.987. The Bertz CT molecular complexity index is 645. The summed E-state index contributed by atoms with van der Waals surface area (Å²) in [5, 5.41) is 9.98. The maximum atomic E-state index is 11.8. The number of carbonyl (C=O) groups excluding carboxylic acids is 1. The number of rotatable bonds is 2. The fraction of sp³-hybridized carbons (Fsp3) is 0.231. The number of amides is 1. The lowest BCUT2D eigenvalue weighted by Gasteiger charge is -2.17. The fourth-order valence-corrected chi connectivity index (χ4v) is 2.40. The molecule has 1 aliphatic heterocycles. The quantitative estimate of drug-likeness (QED) is 0.848. The molecule has 1 amide bonds. The van der Waals surface area contributed by atoms with Gasteiger partial charge in [-0.2, -0.15) is 0 Å². The van der Waals surface area contributed by atoms with Crippen molar-refractivity contribution in [2.45, 2.75) is 12.8 Å². The number of carbonyl (C=O) groups is 2. The van der Waals surface area contributed by atoms with Crippen LogP contribution in [0, 0.1) is 0 Å². The first-order valence-electron chi connectivity index (χ1n) is 5.81. The smallest absolute Gasteiger partial charge is 0.335 e. The van der Waals surface area contributed by atoms with Gasteiger partial charge in [-0.25, -0.2) is 4.79 Å². The van der Waals surface area contributed by atoms with E-state index >= 15 is 0 Å². The highest BCUT2D eigenvalue weighted by molar-refractivity contribution is 6.07. The van der Waals surface area contributed by atoms with Gasteiger partial charge < -0.3 is 15.0 Å². The summed E-state index contributed by atoms with van der Waals surface area (Å²) in [5.41, 5.74) is 1.62. The van der Waals surface area contributed by atoms with Crippen LogP contribution in [0.2, 0.25) is 0 Å². The molecule has 1 fully saturated rings. The molecule has 1 aromatic heterocycles. The summed E-state index contributed by atoms with van der Waals surface area (Å²) in [7, 11) is 0. The average Bonchev–Trinajstić information content (AvgIpc) is 2.95. The van der Waals surface area contributed by atoms with E-state index in [0.29, 0.717) is 18.7 Å². The highest BCUT2D eigenvalue weighted by Gasteiger charge is 2.24. The van der Waals surface area contributed by atoms with Crippen molar-refractivity contribution < 1.29 is 14.7 Å². The predicted molar refractivity (Wildman–Crippen MR) is 66.8 cm³/mol. The number of nitrogens with zero attached hydrogens (tertiary/aromatic N) is 1. The van der Waals surface area contributed by atoms with E-state index in [0.717, 1.165) is 17.3 Å². The number of hydrogen-bond donors (Lipinski definition) is 2. The molecule has 1 aromatic carbocycles. The second-order valence-corrected chi connectivity index (χ2v) is 4.39. The lowest BCUT2D eigenvalue weighted by atomic mass is 10.1. The molecule has 3 rings (SSSR count). The zero-order valence-electron chi connectivity index (χ0n) is 9.64. The van der Waals surface area contributed by atoms with Gasteiger partial charge in [0.05, 0.1) is 11.3 Å². The highest BCUT2D eigenvalue weighted by Crippen LogP contribution is 2.31. The van der Waals surface area contributed by atoms with Crippen molar-refractivity contribution in [1.82, 2.24) is 4.98 Å². The van der Waals surface area contributed by atoms with E-state index in [1.165, 1.54) is 0 Å². The van der Waals surface area contributed by atoms with E-state index < -0.39 is 5.97 Å². The summed E-state index contributed by atoms with van der Waals surface area (Å²) in [6, 6.07) is 5.02. The number of hydrogen-bond acceptors (Lipinski definition) is 2. The van der Waals surface area contributed by atoms with Crippen molar-refractivity contribution in [3.63, 3.8) is 0 Å². The SMILES string of the molecule is O=C(O)c1cc(N2CCCC2=O)c2cc[nH]c2c1. The summed E-state index contributed by atoms with van der Waals surface area (Å²) in [5.74, 6) is -0.931. The molecule has 2 N–H and O–H groups in total. The molecule has 0 bridgehead atoms. The van der Waals surface area contributed by atoms with Crippen LogP contribution < -0.4 is 4.90 Å². The van der Waals surface area contributed by atoms with Crippen molar-refractivity contribution in [2.75, 3.05) is 11.4 Å². The molecule has 1 saturated heterocycles. The molecule has 5 heteroatoms. The molecule has 0 atom stereocenters. The predicted octanol–water partition coefficient (Wildman–Crippen LogP) is 1.99. The number of aromatic amines is 1. The molecule has 0 unspecified atom stereocenters. The molecule has 1 aliphatic rings. The fourth-order valence-electron chi connectivity index (χ4n) is 2.40. The monoisotopic (exact) mass is 244 g/mol. The number of nitrogens with one attached hydrogen (secondary N) is 1. The Balaban J connectivity index is 2.22. The van der Waals surface area contributed by atoms with Crippen molar-refractivity contribution in [3.8, 4) is 0 Å². The Kier molecular flexibility index (Phi) is 2.33. The van der Waals surface area contributed by atoms with E-state index in [2.05, 4.69) is 4.98 Å². The van der Waals surface area contributed by atoms with Gasteiger partial charge in [0.25, 0.3) is 0 Å². The number of carboxylic acid groups (broad SMARTS) is 1. The number of anilines is 1. The van der Waals surface area contributed by atoms with Crippen LogP contribution in [0.3, 0.4) is 0 Å². The molecular formula is C13H12N2O3. The number of fused-ring (bicyclic) bond motifs is 1. The highest BCUT2D eigenvalue weighted by atomic mass is 16.4. The first kappa shape index (κ1) is 10.8. The summed E-state index contributed by atoms with van der Waals surface area (Å²) in [6.45, 7) is 0.655. The minimum Gasteiger partial charge on any atom is -0.478 e. The summed E-state index contributed by atoms with van der Waals surface area (Å²) < 4.78 is 0. The van der Waals surface area contributed by atoms with Gasteiger partial charge in [-0.3, -0.25) is 4.79 Å². The van der Waals surface area contributed by atoms with E-state index in [9.17, 15) is 9.59 Å². The lowest BCUT2D eigenvalue weighted by Crippen LogP contribution is -2.24. The van der Waals surface area contributed by atoms with Gasteiger partial charge in [-0.1, -0.05) is 0 Å². The number of aromatic nitrogens is 1. The van der Waals surface area contributed by atoms with Crippen LogP contribution in [0.15, 0.2) is 24.4 Å². The maximum Gasteiger partial charge on any atom is 0.335 e. The van der Waals surface area contributed by atoms with Gasteiger partial charge in [0.1, 0.15) is 0 Å². The minimum absolute atomic E-state index is 0.0556. The van der Waals surface area contributed by atoms with Gasteiger partial charge in [-0.05, 0) is 24.6 Å². The normalized spacial score (nSPS) is 15.6. The summed E-state index contributed by atoms with van der Waals surface area (Å²) in [6.07, 6.45) is 3.10. The third kappa shape index (κ3) is 1.55. The molecule has 18 heavy (non-hydrogen) atoms. The van der Waals surface area contributed by atoms with Crippen LogP contribution in [0.1, 0.15) is 23.2 Å². The molecule has 0 aliphatic carbocycles. The van der Waals surface area contributed by atoms with Crippen LogP contribution >= 0.6 is 0 Å². The Morgan fingerprint density at radius 2 is 2.22 bits per heavy atom. The Morgan fingerprint density at radius 1 is 1.39 bits per heavy atom. The topological polar surface area (TPSA) is 73.4 Å². The largest absolute Gasteiger partial charge is 0.478 e. The maximum absolute atomic E-state index is 11.8. The lowest BCUT2D eigenvalue weighted by molar-refractivity contribution is -0.117. The average molecular weight is 244 g/mol. The van der Waals surface area contributed by atoms with E-state index in [-0.39, 0.29) is 11.5 Å². The van der Waals surface area contributed by atoms with Gasteiger partial charge >= 0.3 is 5.97 Å². The number of H-pyrrole nitrogens is 1. The van der Waals surface area contributed by atoms with Gasteiger partial charge in [0.15, 0.2) is 0 Å². The summed E-state index contributed by atoms with van der Waals surface area (Å²) in [4.78, 5) is 27.5. The Hall–Kier alpha value is -2.30. The van der Waals surface area contributed by atoms with E-state index in [1.807, 2.05) is 6.07 Å². The van der Waals surface area contributed by atoms with Crippen LogP contribution in [0.5, 0.6) is 0 Å². The van der Waals surface area contributed by atoms with Crippen molar-refractivity contribution >= 4 is 28.5 Å². The molecular weight excluding hydrogens is 232 g/mol. The van der Waals surface area contributed by atoms with Gasteiger partial charge in [-0.15, -0.1) is 0 Å². The Morgan fingerprint density at radius 3 is 2.89 bits per heavy atom. The Labute approximate surface area is 103 Å². The van der Waals surface area contributed by atoms with Crippen molar-refractivity contribution in [2.24, 2.45) is 0 Å². The third-order valence-corrected chi connectivity index (χ3v) is 3.26. The first-order valence-corrected chi connectivity index (χ1v) is 5.81. The molecule has 2 aromatic rings. The second-order valence-electron chi connectivity index (χ2n) is 4.39. The molecule has 0 saturated carbocycles. The number of aromatic carboxylic acids is 1. The van der Waals surface area contributed by atoms with Crippen LogP contribution in [-0.4, -0.2) is 28.5 Å². The molecule has 0 radical (unpaired) electrons. The summed E-state index contributed by atoms with van der Waals surface area (Å²) >= 11 is 0. The van der Waals surface area contributed by atoms with E-state index in [1.54, 1.807) is 23.2 Å². The van der Waals surface area contributed by atoms with E-state index in [4.69, 9.17) is 5.11 Å².